The van der Waals surface area contributed by atoms with E-state index in [1.54, 1.807) is 6.92 Å². The second kappa shape index (κ2) is 5.97. The van der Waals surface area contributed by atoms with Crippen LogP contribution in [-0.4, -0.2) is 36.9 Å². The zero-order chi connectivity index (χ0) is 9.56. The fraction of sp³-hybridized carbons (Fsp3) is 0.875. The van der Waals surface area contributed by atoms with Gasteiger partial charge in [-0.1, -0.05) is 6.92 Å². The van der Waals surface area contributed by atoms with Crippen molar-refractivity contribution in [3.8, 4) is 0 Å². The van der Waals surface area contributed by atoms with Gasteiger partial charge >= 0.3 is 0 Å². The van der Waals surface area contributed by atoms with Crippen LogP contribution in [0.5, 0.6) is 0 Å². The van der Waals surface area contributed by atoms with Gasteiger partial charge in [-0.2, -0.15) is 0 Å². The third kappa shape index (κ3) is 3.69. The van der Waals surface area contributed by atoms with Crippen LogP contribution < -0.4 is 5.32 Å². The van der Waals surface area contributed by atoms with Gasteiger partial charge in [0.15, 0.2) is 0 Å². The van der Waals surface area contributed by atoms with Gasteiger partial charge in [0.05, 0.1) is 12.6 Å². The summed E-state index contributed by atoms with van der Waals surface area (Å²) in [6, 6.07) is -0.157. The fourth-order valence-corrected chi connectivity index (χ4v) is 0.702. The Morgan fingerprint density at radius 2 is 2.25 bits per heavy atom. The summed E-state index contributed by atoms with van der Waals surface area (Å²) in [6.45, 7) is 3.54. The maximum Gasteiger partial charge on any atom is 0.249 e. The molecule has 0 bridgehead atoms. The van der Waals surface area contributed by atoms with Gasteiger partial charge < -0.3 is 15.2 Å². The SMILES string of the molecule is CC[C@@H](CO)NC(=O)C(C)OC. The number of ether oxygens (including phenoxy) is 1. The Bertz CT molecular complexity index is 134. The number of carbonyl (C=O) groups is 1. The van der Waals surface area contributed by atoms with E-state index < -0.39 is 6.10 Å². The summed E-state index contributed by atoms with van der Waals surface area (Å²) in [5.41, 5.74) is 0. The van der Waals surface area contributed by atoms with E-state index in [2.05, 4.69) is 5.32 Å². The molecule has 0 aliphatic carbocycles. The quantitative estimate of drug-likeness (QED) is 0.614. The van der Waals surface area contributed by atoms with Crippen molar-refractivity contribution in [1.29, 1.82) is 0 Å². The van der Waals surface area contributed by atoms with E-state index in [0.29, 0.717) is 0 Å². The van der Waals surface area contributed by atoms with E-state index in [9.17, 15) is 4.79 Å². The van der Waals surface area contributed by atoms with Crippen molar-refractivity contribution in [3.63, 3.8) is 0 Å². The van der Waals surface area contributed by atoms with E-state index in [-0.39, 0.29) is 18.6 Å². The molecule has 2 atom stereocenters. The lowest BCUT2D eigenvalue weighted by Crippen LogP contribution is -2.42. The molecule has 1 unspecified atom stereocenters. The molecule has 72 valence electrons. The Morgan fingerprint density at radius 3 is 2.58 bits per heavy atom. The number of aliphatic hydroxyl groups is 1. The molecule has 0 heterocycles. The molecule has 0 aliphatic heterocycles. The minimum absolute atomic E-state index is 0.0291. The van der Waals surface area contributed by atoms with Gasteiger partial charge in [-0.25, -0.2) is 0 Å². The molecule has 2 N–H and O–H groups in total. The Morgan fingerprint density at radius 1 is 1.67 bits per heavy atom. The molecule has 0 rings (SSSR count). The van der Waals surface area contributed by atoms with Crippen LogP contribution in [0.3, 0.4) is 0 Å². The van der Waals surface area contributed by atoms with Crippen molar-refractivity contribution in [1.82, 2.24) is 5.32 Å². The van der Waals surface area contributed by atoms with Crippen LogP contribution in [-0.2, 0) is 9.53 Å². The first-order valence-corrected chi connectivity index (χ1v) is 4.09. The van der Waals surface area contributed by atoms with E-state index in [1.165, 1.54) is 7.11 Å². The predicted molar refractivity (Wildman–Crippen MR) is 45.8 cm³/mol. The van der Waals surface area contributed by atoms with Gasteiger partial charge in [0.2, 0.25) is 5.91 Å². The molecule has 4 heteroatoms. The van der Waals surface area contributed by atoms with E-state index in [0.717, 1.165) is 6.42 Å². The molecule has 0 aromatic heterocycles. The first-order valence-electron chi connectivity index (χ1n) is 4.09. The highest BCUT2D eigenvalue weighted by molar-refractivity contribution is 5.80. The van der Waals surface area contributed by atoms with Gasteiger partial charge in [-0.05, 0) is 13.3 Å². The maximum absolute atomic E-state index is 11.2. The van der Waals surface area contributed by atoms with Gasteiger partial charge in [0, 0.05) is 7.11 Å². The zero-order valence-corrected chi connectivity index (χ0v) is 7.83. The molecule has 0 saturated heterocycles. The number of carbonyl (C=O) groups excluding carboxylic acids is 1. The average molecular weight is 175 g/mol. The highest BCUT2D eigenvalue weighted by atomic mass is 16.5. The largest absolute Gasteiger partial charge is 0.394 e. The number of aliphatic hydroxyl groups excluding tert-OH is 1. The van der Waals surface area contributed by atoms with Gasteiger partial charge in [0.1, 0.15) is 6.10 Å². The van der Waals surface area contributed by atoms with E-state index >= 15 is 0 Å². The molecule has 0 fully saturated rings. The number of rotatable bonds is 5. The van der Waals surface area contributed by atoms with Crippen LogP contribution in [0.15, 0.2) is 0 Å². The summed E-state index contributed by atoms with van der Waals surface area (Å²) >= 11 is 0. The lowest BCUT2D eigenvalue weighted by atomic mass is 10.2. The summed E-state index contributed by atoms with van der Waals surface area (Å²) in [6.07, 6.45) is 0.268. The van der Waals surface area contributed by atoms with Crippen molar-refractivity contribution in [2.75, 3.05) is 13.7 Å². The summed E-state index contributed by atoms with van der Waals surface area (Å²) < 4.78 is 4.81. The number of amides is 1. The van der Waals surface area contributed by atoms with Crippen molar-refractivity contribution in [2.24, 2.45) is 0 Å². The van der Waals surface area contributed by atoms with Gasteiger partial charge in [0.25, 0.3) is 0 Å². The number of hydrogen-bond donors (Lipinski definition) is 2. The van der Waals surface area contributed by atoms with Crippen molar-refractivity contribution in [2.45, 2.75) is 32.4 Å². The minimum atomic E-state index is -0.453. The molecule has 0 aromatic carbocycles. The van der Waals surface area contributed by atoms with Crippen molar-refractivity contribution in [3.05, 3.63) is 0 Å². The lowest BCUT2D eigenvalue weighted by Gasteiger charge is -2.16. The smallest absolute Gasteiger partial charge is 0.249 e. The lowest BCUT2D eigenvalue weighted by molar-refractivity contribution is -0.131. The Kier molecular flexibility index (Phi) is 5.66. The van der Waals surface area contributed by atoms with Crippen LogP contribution in [0.2, 0.25) is 0 Å². The standard InChI is InChI=1S/C8H17NO3/c1-4-7(5-10)9-8(11)6(2)12-3/h6-7,10H,4-5H2,1-3H3,(H,9,11)/t6?,7-/m0/s1. The van der Waals surface area contributed by atoms with E-state index in [4.69, 9.17) is 9.84 Å². The molecular weight excluding hydrogens is 158 g/mol. The number of hydrogen-bond acceptors (Lipinski definition) is 3. The summed E-state index contributed by atoms with van der Waals surface area (Å²) in [4.78, 5) is 11.2. The third-order valence-electron chi connectivity index (χ3n) is 1.78. The van der Waals surface area contributed by atoms with Crippen LogP contribution in [0, 0.1) is 0 Å². The van der Waals surface area contributed by atoms with Crippen LogP contribution >= 0.6 is 0 Å². The fourth-order valence-electron chi connectivity index (χ4n) is 0.702. The predicted octanol–water partition coefficient (Wildman–Crippen LogP) is -0.0916. The van der Waals surface area contributed by atoms with Crippen molar-refractivity contribution < 1.29 is 14.6 Å². The molecule has 0 aromatic rings. The molecule has 12 heavy (non-hydrogen) atoms. The molecule has 4 nitrogen and oxygen atoms in total. The van der Waals surface area contributed by atoms with Crippen LogP contribution in [0.25, 0.3) is 0 Å². The number of methoxy groups -OCH3 is 1. The monoisotopic (exact) mass is 175 g/mol. The molecule has 0 spiro atoms. The Labute approximate surface area is 72.9 Å². The first kappa shape index (κ1) is 11.4. The minimum Gasteiger partial charge on any atom is -0.394 e. The first-order chi connectivity index (χ1) is 5.65. The third-order valence-corrected chi connectivity index (χ3v) is 1.78. The summed E-state index contributed by atoms with van der Waals surface area (Å²) in [5, 5.41) is 11.4. The maximum atomic E-state index is 11.2. The van der Waals surface area contributed by atoms with E-state index in [1.807, 2.05) is 6.92 Å². The van der Waals surface area contributed by atoms with Crippen LogP contribution in [0.4, 0.5) is 0 Å². The molecule has 0 aliphatic rings. The molecule has 1 amide bonds. The molecular formula is C8H17NO3. The van der Waals surface area contributed by atoms with Crippen LogP contribution in [0.1, 0.15) is 20.3 Å². The normalized spacial score (nSPS) is 15.3. The second-order valence-electron chi connectivity index (χ2n) is 2.67. The molecule has 0 radical (unpaired) electrons. The molecule has 0 saturated carbocycles. The summed E-state index contributed by atoms with van der Waals surface area (Å²) in [7, 11) is 1.48. The topological polar surface area (TPSA) is 58.6 Å². The van der Waals surface area contributed by atoms with Gasteiger partial charge in [-0.15, -0.1) is 0 Å². The zero-order valence-electron chi connectivity index (χ0n) is 7.83. The highest BCUT2D eigenvalue weighted by Gasteiger charge is 2.14. The van der Waals surface area contributed by atoms with Gasteiger partial charge in [-0.3, -0.25) is 4.79 Å². The van der Waals surface area contributed by atoms with Crippen molar-refractivity contribution >= 4 is 5.91 Å². The second-order valence-corrected chi connectivity index (χ2v) is 2.67. The summed E-state index contributed by atoms with van der Waals surface area (Å²) in [5.74, 6) is -0.182. The Hall–Kier alpha value is -0.610. The Balaban J connectivity index is 3.81. The highest BCUT2D eigenvalue weighted by Crippen LogP contribution is 1.92. The number of nitrogens with one attached hydrogen (secondary N) is 1. The average Bonchev–Trinajstić information content (AvgIpc) is 2.12.